The van der Waals surface area contributed by atoms with Crippen LogP contribution in [0.4, 0.5) is 0 Å². The SMILES string of the molecule is CSCCC(NC(=O)C(Cc1c[nH]c2ccccc12)NC(=O)C(N)C(C)C)C(=O)NC(CCCCN)C(=O)O. The highest BCUT2D eigenvalue weighted by atomic mass is 32.2. The van der Waals surface area contributed by atoms with Crippen LogP contribution in [0, 0.1) is 5.92 Å². The highest BCUT2D eigenvalue weighted by Gasteiger charge is 2.31. The molecule has 39 heavy (non-hydrogen) atoms. The quantitative estimate of drug-likeness (QED) is 0.139. The number of thioether (sulfide) groups is 1. The van der Waals surface area contributed by atoms with E-state index in [2.05, 4.69) is 20.9 Å². The summed E-state index contributed by atoms with van der Waals surface area (Å²) in [6, 6.07) is 3.71. The van der Waals surface area contributed by atoms with Crippen molar-refractivity contribution in [1.29, 1.82) is 0 Å². The van der Waals surface area contributed by atoms with Crippen LogP contribution in [-0.4, -0.2) is 76.5 Å². The lowest BCUT2D eigenvalue weighted by molar-refractivity contribution is -0.142. The van der Waals surface area contributed by atoms with Gasteiger partial charge in [-0.25, -0.2) is 4.79 Å². The molecule has 2 rings (SSSR count). The van der Waals surface area contributed by atoms with Gasteiger partial charge in [-0.1, -0.05) is 32.0 Å². The average molecular weight is 563 g/mol. The Morgan fingerprint density at radius 1 is 0.949 bits per heavy atom. The number of aliphatic carboxylic acids is 1. The summed E-state index contributed by atoms with van der Waals surface area (Å²) in [7, 11) is 0. The predicted molar refractivity (Wildman–Crippen MR) is 154 cm³/mol. The molecule has 1 aromatic heterocycles. The molecule has 0 saturated heterocycles. The highest BCUT2D eigenvalue weighted by molar-refractivity contribution is 7.98. The van der Waals surface area contributed by atoms with E-state index >= 15 is 0 Å². The molecule has 0 radical (unpaired) electrons. The molecule has 0 spiro atoms. The second-order valence-electron chi connectivity index (χ2n) is 9.92. The number of para-hydroxylation sites is 1. The van der Waals surface area contributed by atoms with E-state index < -0.39 is 47.9 Å². The number of aromatic amines is 1. The first-order valence-electron chi connectivity index (χ1n) is 13.2. The summed E-state index contributed by atoms with van der Waals surface area (Å²) in [5, 5.41) is 18.6. The van der Waals surface area contributed by atoms with Crippen molar-refractivity contribution in [3.8, 4) is 0 Å². The number of carboxylic acid groups (broad SMARTS) is 1. The zero-order valence-corrected chi connectivity index (χ0v) is 23.7. The number of rotatable bonds is 17. The van der Waals surface area contributed by atoms with Crippen molar-refractivity contribution in [2.75, 3.05) is 18.6 Å². The topological polar surface area (TPSA) is 192 Å². The third-order valence-electron chi connectivity index (χ3n) is 6.56. The van der Waals surface area contributed by atoms with E-state index in [0.717, 1.165) is 16.5 Å². The molecule has 1 aromatic carbocycles. The molecule has 4 unspecified atom stereocenters. The highest BCUT2D eigenvalue weighted by Crippen LogP contribution is 2.19. The molecule has 0 aliphatic carbocycles. The van der Waals surface area contributed by atoms with Gasteiger partial charge in [-0.15, -0.1) is 0 Å². The average Bonchev–Trinajstić information content (AvgIpc) is 3.31. The number of carbonyl (C=O) groups is 4. The second kappa shape index (κ2) is 16.1. The Kier molecular flexibility index (Phi) is 13.3. The van der Waals surface area contributed by atoms with Gasteiger partial charge in [0.1, 0.15) is 18.1 Å². The molecular weight excluding hydrogens is 520 g/mol. The van der Waals surface area contributed by atoms with Crippen LogP contribution >= 0.6 is 11.8 Å². The maximum absolute atomic E-state index is 13.5. The van der Waals surface area contributed by atoms with Crippen molar-refractivity contribution in [2.45, 2.75) is 70.1 Å². The Bertz CT molecular complexity index is 1110. The van der Waals surface area contributed by atoms with Crippen LogP contribution in [-0.2, 0) is 25.6 Å². The minimum atomic E-state index is -1.15. The number of carboxylic acids is 1. The molecule has 11 nitrogen and oxygen atoms in total. The molecule has 0 bridgehead atoms. The minimum Gasteiger partial charge on any atom is -0.480 e. The number of benzene rings is 1. The molecule has 0 fully saturated rings. The van der Waals surface area contributed by atoms with Crippen LogP contribution in [0.5, 0.6) is 0 Å². The van der Waals surface area contributed by atoms with E-state index in [-0.39, 0.29) is 25.2 Å². The summed E-state index contributed by atoms with van der Waals surface area (Å²) in [6.07, 6.45) is 5.53. The molecule has 2 aromatic rings. The zero-order chi connectivity index (χ0) is 28.9. The number of H-pyrrole nitrogens is 1. The van der Waals surface area contributed by atoms with Gasteiger partial charge >= 0.3 is 5.97 Å². The van der Waals surface area contributed by atoms with Crippen LogP contribution in [0.15, 0.2) is 30.5 Å². The number of hydrogen-bond donors (Lipinski definition) is 7. The fourth-order valence-corrected chi connectivity index (χ4v) is 4.57. The van der Waals surface area contributed by atoms with E-state index in [1.807, 2.05) is 44.4 Å². The zero-order valence-electron chi connectivity index (χ0n) is 22.9. The predicted octanol–water partition coefficient (Wildman–Crippen LogP) is 1.11. The lowest BCUT2D eigenvalue weighted by Crippen LogP contribution is -2.58. The maximum Gasteiger partial charge on any atom is 0.326 e. The third-order valence-corrected chi connectivity index (χ3v) is 7.20. The van der Waals surface area contributed by atoms with Crippen LogP contribution in [0.3, 0.4) is 0 Å². The first kappa shape index (κ1) is 32.1. The Balaban J connectivity index is 2.26. The number of unbranched alkanes of at least 4 members (excludes halogenated alkanes) is 1. The summed E-state index contributed by atoms with van der Waals surface area (Å²) in [5.74, 6) is -2.35. The lowest BCUT2D eigenvalue weighted by atomic mass is 10.0. The van der Waals surface area contributed by atoms with Gasteiger partial charge in [0.25, 0.3) is 0 Å². The van der Waals surface area contributed by atoms with Gasteiger partial charge in [-0.2, -0.15) is 11.8 Å². The Morgan fingerprint density at radius 2 is 1.59 bits per heavy atom. The number of nitrogens with one attached hydrogen (secondary N) is 4. The van der Waals surface area contributed by atoms with Crippen molar-refractivity contribution >= 4 is 46.4 Å². The fourth-order valence-electron chi connectivity index (χ4n) is 4.10. The number of fused-ring (bicyclic) bond motifs is 1. The van der Waals surface area contributed by atoms with Crippen molar-refractivity contribution < 1.29 is 24.3 Å². The summed E-state index contributed by atoms with van der Waals surface area (Å²) >= 11 is 1.50. The van der Waals surface area contributed by atoms with Gasteiger partial charge in [0, 0.05) is 23.5 Å². The molecule has 0 aliphatic heterocycles. The number of amides is 3. The largest absolute Gasteiger partial charge is 0.480 e. The third kappa shape index (κ3) is 9.86. The first-order chi connectivity index (χ1) is 18.6. The molecule has 0 aliphatic rings. The number of nitrogens with two attached hydrogens (primary N) is 2. The van der Waals surface area contributed by atoms with Gasteiger partial charge in [0.2, 0.25) is 17.7 Å². The molecular formula is C27H42N6O5S. The first-order valence-corrected chi connectivity index (χ1v) is 14.6. The summed E-state index contributed by atoms with van der Waals surface area (Å²) in [4.78, 5) is 54.4. The fraction of sp³-hybridized carbons (Fsp3) is 0.556. The molecule has 9 N–H and O–H groups in total. The molecule has 3 amide bonds. The lowest BCUT2D eigenvalue weighted by Gasteiger charge is -2.26. The van der Waals surface area contributed by atoms with E-state index in [9.17, 15) is 24.3 Å². The van der Waals surface area contributed by atoms with Crippen molar-refractivity contribution in [1.82, 2.24) is 20.9 Å². The second-order valence-corrected chi connectivity index (χ2v) is 10.9. The summed E-state index contributed by atoms with van der Waals surface area (Å²) in [5.41, 5.74) is 13.3. The molecule has 4 atom stereocenters. The standard InChI is InChI=1S/C27H42N6O5S/c1-16(2)23(29)26(36)33-22(14-17-15-30-19-9-5-4-8-18(17)19)25(35)31-20(11-13-39-3)24(34)32-21(27(37)38)10-6-7-12-28/h4-5,8-9,15-16,20-23,30H,6-7,10-14,28-29H2,1-3H3,(H,31,35)(H,32,34)(H,33,36)(H,37,38). The van der Waals surface area contributed by atoms with Crippen molar-refractivity contribution in [3.63, 3.8) is 0 Å². The Morgan fingerprint density at radius 3 is 2.23 bits per heavy atom. The normalized spacial score (nSPS) is 14.4. The van der Waals surface area contributed by atoms with Crippen molar-refractivity contribution in [2.24, 2.45) is 17.4 Å². The minimum absolute atomic E-state index is 0.144. The van der Waals surface area contributed by atoms with E-state index in [4.69, 9.17) is 11.5 Å². The van der Waals surface area contributed by atoms with E-state index in [1.54, 1.807) is 6.20 Å². The van der Waals surface area contributed by atoms with E-state index in [1.165, 1.54) is 11.8 Å². The van der Waals surface area contributed by atoms with Crippen LogP contribution < -0.4 is 27.4 Å². The number of aromatic nitrogens is 1. The van der Waals surface area contributed by atoms with Gasteiger partial charge in [0.15, 0.2) is 0 Å². The number of carbonyl (C=O) groups excluding carboxylic acids is 3. The van der Waals surface area contributed by atoms with Gasteiger partial charge < -0.3 is 37.5 Å². The molecule has 1 heterocycles. The molecule has 12 heteroatoms. The van der Waals surface area contributed by atoms with E-state index in [0.29, 0.717) is 25.1 Å². The van der Waals surface area contributed by atoms with Gasteiger partial charge in [0.05, 0.1) is 6.04 Å². The Hall–Kier alpha value is -3.09. The van der Waals surface area contributed by atoms with Crippen LogP contribution in [0.1, 0.15) is 45.1 Å². The van der Waals surface area contributed by atoms with Crippen LogP contribution in [0.2, 0.25) is 0 Å². The summed E-state index contributed by atoms with van der Waals surface area (Å²) in [6.45, 7) is 4.05. The number of hydrogen-bond acceptors (Lipinski definition) is 7. The Labute approximate surface area is 233 Å². The summed E-state index contributed by atoms with van der Waals surface area (Å²) < 4.78 is 0. The molecule has 216 valence electrons. The monoisotopic (exact) mass is 562 g/mol. The maximum atomic E-state index is 13.5. The molecule has 0 saturated carbocycles. The smallest absolute Gasteiger partial charge is 0.326 e. The van der Waals surface area contributed by atoms with Gasteiger partial charge in [-0.05, 0) is 61.8 Å². The van der Waals surface area contributed by atoms with Gasteiger partial charge in [-0.3, -0.25) is 14.4 Å². The van der Waals surface area contributed by atoms with Crippen molar-refractivity contribution in [3.05, 3.63) is 36.0 Å². The van der Waals surface area contributed by atoms with Crippen LogP contribution in [0.25, 0.3) is 10.9 Å².